The predicted molar refractivity (Wildman–Crippen MR) is 95.1 cm³/mol. The Morgan fingerprint density at radius 1 is 1.26 bits per heavy atom. The molecule has 0 aliphatic heterocycles. The quantitative estimate of drug-likeness (QED) is 0.684. The highest BCUT2D eigenvalue weighted by Gasteiger charge is 2.26. The van der Waals surface area contributed by atoms with E-state index in [2.05, 4.69) is 9.97 Å². The first-order valence-corrected chi connectivity index (χ1v) is 9.95. The normalized spacial score (nSPS) is 11.6. The SMILES string of the molecule is Cc1nc(Cl)sc1S(=O)(=O)NC(=O)c1cn(C)c(-c2c(F)cccc2F)n1. The van der Waals surface area contributed by atoms with Crippen molar-refractivity contribution in [2.45, 2.75) is 11.1 Å². The number of nitrogens with one attached hydrogen (secondary N) is 1. The maximum atomic E-state index is 14.0. The lowest BCUT2D eigenvalue weighted by atomic mass is 10.2. The number of sulfonamides is 1. The summed E-state index contributed by atoms with van der Waals surface area (Å²) in [6.45, 7) is 1.43. The van der Waals surface area contributed by atoms with Crippen molar-refractivity contribution in [1.29, 1.82) is 0 Å². The van der Waals surface area contributed by atoms with Crippen LogP contribution < -0.4 is 4.72 Å². The molecule has 1 aromatic carbocycles. The molecule has 2 aromatic heterocycles. The lowest BCUT2D eigenvalue weighted by Gasteiger charge is -2.04. The van der Waals surface area contributed by atoms with Crippen molar-refractivity contribution in [3.63, 3.8) is 0 Å². The topological polar surface area (TPSA) is 94.0 Å². The molecule has 0 unspecified atom stereocenters. The van der Waals surface area contributed by atoms with E-state index in [9.17, 15) is 22.0 Å². The van der Waals surface area contributed by atoms with E-state index in [1.807, 2.05) is 4.72 Å². The second-order valence-corrected chi connectivity index (χ2v) is 8.89. The zero-order valence-corrected chi connectivity index (χ0v) is 16.2. The molecular weight excluding hydrogens is 422 g/mol. The Bertz CT molecular complexity index is 1140. The Balaban J connectivity index is 1.94. The third kappa shape index (κ3) is 3.70. The standard InChI is InChI=1S/C15H11ClF2N4O3S2/c1-7-14(26-15(16)19-7)27(24,25)21-13(23)10-6-22(2)12(20-10)11-8(17)4-3-5-9(11)18/h3-6H,1-2H3,(H,21,23). The third-order valence-corrected chi connectivity index (χ3v) is 6.70. The highest BCUT2D eigenvalue weighted by molar-refractivity contribution is 7.92. The maximum absolute atomic E-state index is 14.0. The van der Waals surface area contributed by atoms with Crippen LogP contribution in [0.2, 0.25) is 4.47 Å². The number of carbonyl (C=O) groups is 1. The third-order valence-electron chi connectivity index (χ3n) is 3.49. The number of amides is 1. The van der Waals surface area contributed by atoms with Gasteiger partial charge in [0.2, 0.25) is 0 Å². The van der Waals surface area contributed by atoms with Crippen molar-refractivity contribution in [3.8, 4) is 11.4 Å². The molecular formula is C15H11ClF2N4O3S2. The molecule has 2 heterocycles. The predicted octanol–water partition coefficient (Wildman–Crippen LogP) is 2.90. The van der Waals surface area contributed by atoms with Gasteiger partial charge in [-0.05, 0) is 19.1 Å². The van der Waals surface area contributed by atoms with E-state index in [1.54, 1.807) is 0 Å². The molecule has 0 saturated heterocycles. The van der Waals surface area contributed by atoms with Crippen LogP contribution in [0.4, 0.5) is 8.78 Å². The molecule has 12 heteroatoms. The number of hydrogen-bond donors (Lipinski definition) is 1. The Kier molecular flexibility index (Phi) is 5.02. The van der Waals surface area contributed by atoms with Crippen LogP contribution in [0.25, 0.3) is 11.4 Å². The summed E-state index contributed by atoms with van der Waals surface area (Å²) in [5.74, 6) is -2.95. The largest absolute Gasteiger partial charge is 0.333 e. The molecule has 0 aliphatic carbocycles. The van der Waals surface area contributed by atoms with Crippen LogP contribution in [0.3, 0.4) is 0 Å². The Labute approximate surface area is 161 Å². The minimum absolute atomic E-state index is 0.00970. The molecule has 7 nitrogen and oxygen atoms in total. The zero-order chi connectivity index (χ0) is 19.9. The van der Waals surface area contributed by atoms with Crippen molar-refractivity contribution in [1.82, 2.24) is 19.3 Å². The van der Waals surface area contributed by atoms with E-state index >= 15 is 0 Å². The number of aryl methyl sites for hydroxylation is 2. The van der Waals surface area contributed by atoms with Gasteiger partial charge in [-0.25, -0.2) is 31.9 Å². The minimum atomic E-state index is -4.23. The van der Waals surface area contributed by atoms with Crippen LogP contribution in [0.1, 0.15) is 16.2 Å². The highest BCUT2D eigenvalue weighted by atomic mass is 35.5. The Morgan fingerprint density at radius 3 is 2.44 bits per heavy atom. The summed E-state index contributed by atoms with van der Waals surface area (Å²) >= 11 is 6.38. The fourth-order valence-corrected chi connectivity index (χ4v) is 5.04. The van der Waals surface area contributed by atoms with Crippen LogP contribution in [0, 0.1) is 18.6 Å². The molecule has 142 valence electrons. The average molecular weight is 433 g/mol. The number of imidazole rings is 1. The highest BCUT2D eigenvalue weighted by Crippen LogP contribution is 2.27. The maximum Gasteiger partial charge on any atom is 0.285 e. The first-order chi connectivity index (χ1) is 12.6. The molecule has 27 heavy (non-hydrogen) atoms. The van der Waals surface area contributed by atoms with Gasteiger partial charge in [0.15, 0.2) is 8.68 Å². The zero-order valence-electron chi connectivity index (χ0n) is 13.8. The van der Waals surface area contributed by atoms with Gasteiger partial charge in [-0.15, -0.1) is 0 Å². The molecule has 1 N–H and O–H groups in total. The summed E-state index contributed by atoms with van der Waals surface area (Å²) in [6, 6.07) is 3.29. The molecule has 0 fully saturated rings. The van der Waals surface area contributed by atoms with Gasteiger partial charge in [-0.1, -0.05) is 29.0 Å². The Hall–Kier alpha value is -2.37. The lowest BCUT2D eigenvalue weighted by molar-refractivity contribution is 0.0977. The van der Waals surface area contributed by atoms with E-state index in [0.717, 1.165) is 12.1 Å². The van der Waals surface area contributed by atoms with Gasteiger partial charge < -0.3 is 4.57 Å². The number of hydrogen-bond acceptors (Lipinski definition) is 6. The van der Waals surface area contributed by atoms with Crippen LogP contribution >= 0.6 is 22.9 Å². The molecule has 0 spiro atoms. The van der Waals surface area contributed by atoms with Crippen LogP contribution in [0.5, 0.6) is 0 Å². The first-order valence-electron chi connectivity index (χ1n) is 7.28. The van der Waals surface area contributed by atoms with E-state index in [4.69, 9.17) is 11.6 Å². The van der Waals surface area contributed by atoms with Gasteiger partial charge in [-0.2, -0.15) is 0 Å². The van der Waals surface area contributed by atoms with E-state index in [-0.39, 0.29) is 25.9 Å². The smallest absolute Gasteiger partial charge is 0.285 e. The van der Waals surface area contributed by atoms with Crippen molar-refractivity contribution in [2.24, 2.45) is 7.05 Å². The molecule has 0 atom stereocenters. The van der Waals surface area contributed by atoms with Gasteiger partial charge in [0, 0.05) is 13.2 Å². The Morgan fingerprint density at radius 2 is 1.89 bits per heavy atom. The second kappa shape index (κ2) is 6.98. The molecule has 0 saturated carbocycles. The average Bonchev–Trinajstić information content (AvgIpc) is 3.10. The number of carbonyl (C=O) groups excluding carboxylic acids is 1. The number of nitrogens with zero attached hydrogens (tertiary/aromatic N) is 3. The first kappa shape index (κ1) is 19.4. The number of benzene rings is 1. The number of halogens is 3. The van der Waals surface area contributed by atoms with Gasteiger partial charge in [0.05, 0.1) is 11.3 Å². The van der Waals surface area contributed by atoms with E-state index in [0.29, 0.717) is 11.3 Å². The summed E-state index contributed by atoms with van der Waals surface area (Å²) in [6.07, 6.45) is 1.17. The van der Waals surface area contributed by atoms with Gasteiger partial charge in [0.1, 0.15) is 23.2 Å². The second-order valence-electron chi connectivity index (χ2n) is 5.43. The fourth-order valence-electron chi connectivity index (χ4n) is 2.34. The van der Waals surface area contributed by atoms with E-state index in [1.165, 1.54) is 30.8 Å². The molecule has 0 radical (unpaired) electrons. The van der Waals surface area contributed by atoms with E-state index < -0.39 is 33.1 Å². The summed E-state index contributed by atoms with van der Waals surface area (Å²) in [4.78, 5) is 20.0. The molecule has 1 amide bonds. The lowest BCUT2D eigenvalue weighted by Crippen LogP contribution is -2.30. The summed E-state index contributed by atoms with van der Waals surface area (Å²) < 4.78 is 55.5. The van der Waals surface area contributed by atoms with Crippen LogP contribution in [0.15, 0.2) is 28.6 Å². The molecule has 0 aliphatic rings. The van der Waals surface area contributed by atoms with Crippen molar-refractivity contribution in [3.05, 3.63) is 51.9 Å². The fraction of sp³-hybridized carbons (Fsp3) is 0.133. The summed E-state index contributed by atoms with van der Waals surface area (Å²) in [5, 5.41) is 0. The molecule has 0 bridgehead atoms. The van der Waals surface area contributed by atoms with Crippen molar-refractivity contribution < 1.29 is 22.0 Å². The number of aromatic nitrogens is 3. The van der Waals surface area contributed by atoms with Crippen molar-refractivity contribution >= 4 is 38.9 Å². The van der Waals surface area contributed by atoms with Gasteiger partial charge in [-0.3, -0.25) is 4.79 Å². The summed E-state index contributed by atoms with van der Waals surface area (Å²) in [7, 11) is -2.80. The van der Waals surface area contributed by atoms with Crippen molar-refractivity contribution in [2.75, 3.05) is 0 Å². The molecule has 3 rings (SSSR count). The van der Waals surface area contributed by atoms with Crippen LogP contribution in [-0.2, 0) is 17.1 Å². The van der Waals surface area contributed by atoms with Gasteiger partial charge in [0.25, 0.3) is 15.9 Å². The molecule has 3 aromatic rings. The number of rotatable bonds is 4. The monoisotopic (exact) mass is 432 g/mol. The summed E-state index contributed by atoms with van der Waals surface area (Å²) in [5.41, 5.74) is -0.612. The van der Waals surface area contributed by atoms with Gasteiger partial charge >= 0.3 is 0 Å². The van der Waals surface area contributed by atoms with Crippen LogP contribution in [-0.4, -0.2) is 28.9 Å². The number of thiazole rings is 1. The minimum Gasteiger partial charge on any atom is -0.333 e.